The quantitative estimate of drug-likeness (QED) is 0.599. The standard InChI is InChI=1S/C22H22N2O5/c1-3-29-22(27)19-12-16-11-15(9-10-17(16)23-19)21(26)24-18(13-20(25)28-2)14-7-5-4-6-8-14/h4-12,18,23H,3,13H2,1-2H3,(H,24,26)/t18-/m1/s1. The Kier molecular flexibility index (Phi) is 6.29. The lowest BCUT2D eigenvalue weighted by Crippen LogP contribution is -2.30. The molecule has 1 amide bonds. The van der Waals surface area contributed by atoms with E-state index in [1.807, 2.05) is 30.3 Å². The number of benzene rings is 2. The summed E-state index contributed by atoms with van der Waals surface area (Å²) in [6.07, 6.45) is 0.0195. The molecule has 1 atom stereocenters. The largest absolute Gasteiger partial charge is 0.469 e. The van der Waals surface area contributed by atoms with Crippen molar-refractivity contribution < 1.29 is 23.9 Å². The van der Waals surface area contributed by atoms with Gasteiger partial charge in [0, 0.05) is 16.5 Å². The number of H-pyrrole nitrogens is 1. The number of methoxy groups -OCH3 is 1. The van der Waals surface area contributed by atoms with Crippen LogP contribution in [0.4, 0.5) is 0 Å². The van der Waals surface area contributed by atoms with Crippen LogP contribution in [0.1, 0.15) is 45.8 Å². The van der Waals surface area contributed by atoms with Crippen LogP contribution in [-0.2, 0) is 14.3 Å². The lowest BCUT2D eigenvalue weighted by atomic mass is 10.0. The monoisotopic (exact) mass is 394 g/mol. The number of aromatic amines is 1. The Hall–Kier alpha value is -3.61. The summed E-state index contributed by atoms with van der Waals surface area (Å²) in [6, 6.07) is 15.4. The Morgan fingerprint density at radius 1 is 1.07 bits per heavy atom. The molecule has 7 heteroatoms. The van der Waals surface area contributed by atoms with Crippen LogP contribution in [0.25, 0.3) is 10.9 Å². The molecular formula is C22H22N2O5. The third kappa shape index (κ3) is 4.82. The summed E-state index contributed by atoms with van der Waals surface area (Å²) in [5.41, 5.74) is 2.27. The van der Waals surface area contributed by atoms with Crippen LogP contribution in [0, 0.1) is 0 Å². The highest BCUT2D eigenvalue weighted by atomic mass is 16.5. The zero-order valence-electron chi connectivity index (χ0n) is 16.2. The van der Waals surface area contributed by atoms with Gasteiger partial charge in [-0.1, -0.05) is 30.3 Å². The smallest absolute Gasteiger partial charge is 0.354 e. The van der Waals surface area contributed by atoms with Gasteiger partial charge in [-0.2, -0.15) is 0 Å². The molecule has 0 saturated heterocycles. The molecule has 1 heterocycles. The van der Waals surface area contributed by atoms with Gasteiger partial charge in [-0.05, 0) is 36.8 Å². The Bertz CT molecular complexity index is 1030. The van der Waals surface area contributed by atoms with Gasteiger partial charge in [0.2, 0.25) is 0 Å². The van der Waals surface area contributed by atoms with E-state index in [1.165, 1.54) is 7.11 Å². The number of esters is 2. The highest BCUT2D eigenvalue weighted by Crippen LogP contribution is 2.21. The number of amides is 1. The first-order valence-corrected chi connectivity index (χ1v) is 9.24. The Balaban J connectivity index is 1.82. The fraction of sp³-hybridized carbons (Fsp3) is 0.227. The second-order valence-electron chi connectivity index (χ2n) is 6.42. The van der Waals surface area contributed by atoms with Crippen molar-refractivity contribution in [1.29, 1.82) is 0 Å². The number of hydrogen-bond acceptors (Lipinski definition) is 5. The Morgan fingerprint density at radius 3 is 2.52 bits per heavy atom. The normalized spacial score (nSPS) is 11.7. The van der Waals surface area contributed by atoms with E-state index in [9.17, 15) is 14.4 Å². The zero-order chi connectivity index (χ0) is 20.8. The number of carbonyl (C=O) groups excluding carboxylic acids is 3. The van der Waals surface area contributed by atoms with E-state index >= 15 is 0 Å². The van der Waals surface area contributed by atoms with Gasteiger partial charge in [0.05, 0.1) is 26.2 Å². The van der Waals surface area contributed by atoms with Crippen LogP contribution in [0.3, 0.4) is 0 Å². The zero-order valence-corrected chi connectivity index (χ0v) is 16.2. The van der Waals surface area contributed by atoms with Gasteiger partial charge in [-0.15, -0.1) is 0 Å². The molecule has 3 rings (SSSR count). The maximum absolute atomic E-state index is 12.8. The number of carbonyl (C=O) groups is 3. The highest BCUT2D eigenvalue weighted by Gasteiger charge is 2.20. The molecule has 0 radical (unpaired) electrons. The van der Waals surface area contributed by atoms with E-state index in [-0.39, 0.29) is 18.9 Å². The van der Waals surface area contributed by atoms with Crippen LogP contribution < -0.4 is 5.32 Å². The van der Waals surface area contributed by atoms with Crippen LogP contribution >= 0.6 is 0 Å². The molecular weight excluding hydrogens is 372 g/mol. The highest BCUT2D eigenvalue weighted by molar-refractivity contribution is 6.00. The molecule has 2 aromatic carbocycles. The average molecular weight is 394 g/mol. The summed E-state index contributed by atoms with van der Waals surface area (Å²) in [7, 11) is 1.31. The predicted octanol–water partition coefficient (Wildman–Crippen LogP) is 3.38. The van der Waals surface area contributed by atoms with E-state index in [1.54, 1.807) is 31.2 Å². The molecule has 0 aliphatic carbocycles. The van der Waals surface area contributed by atoms with Gasteiger partial charge < -0.3 is 19.8 Å². The van der Waals surface area contributed by atoms with Gasteiger partial charge in [-0.25, -0.2) is 4.79 Å². The first-order valence-electron chi connectivity index (χ1n) is 9.24. The number of hydrogen-bond donors (Lipinski definition) is 2. The van der Waals surface area contributed by atoms with E-state index < -0.39 is 18.0 Å². The van der Waals surface area contributed by atoms with Crippen molar-refractivity contribution >= 4 is 28.7 Å². The van der Waals surface area contributed by atoms with Crippen molar-refractivity contribution in [1.82, 2.24) is 10.3 Å². The molecule has 3 aromatic rings. The lowest BCUT2D eigenvalue weighted by Gasteiger charge is -2.18. The number of rotatable bonds is 7. The van der Waals surface area contributed by atoms with Crippen LogP contribution in [0.15, 0.2) is 54.6 Å². The molecule has 2 N–H and O–H groups in total. The first kappa shape index (κ1) is 20.1. The van der Waals surface area contributed by atoms with E-state index in [2.05, 4.69) is 10.3 Å². The molecule has 29 heavy (non-hydrogen) atoms. The second kappa shape index (κ2) is 9.05. The van der Waals surface area contributed by atoms with Gasteiger partial charge in [0.25, 0.3) is 5.91 Å². The minimum Gasteiger partial charge on any atom is -0.469 e. The minimum atomic E-state index is -0.520. The van der Waals surface area contributed by atoms with Crippen LogP contribution in [0.2, 0.25) is 0 Å². The summed E-state index contributed by atoms with van der Waals surface area (Å²) in [6.45, 7) is 2.02. The minimum absolute atomic E-state index is 0.0195. The third-order valence-corrected chi connectivity index (χ3v) is 4.48. The summed E-state index contributed by atoms with van der Waals surface area (Å²) in [5.74, 6) is -1.19. The van der Waals surface area contributed by atoms with E-state index in [0.29, 0.717) is 16.6 Å². The fourth-order valence-electron chi connectivity index (χ4n) is 3.02. The third-order valence-electron chi connectivity index (χ3n) is 4.48. The Morgan fingerprint density at radius 2 is 1.83 bits per heavy atom. The van der Waals surface area contributed by atoms with Crippen LogP contribution in [0.5, 0.6) is 0 Å². The van der Waals surface area contributed by atoms with Gasteiger partial charge in [0.15, 0.2) is 0 Å². The molecule has 0 spiro atoms. The molecule has 150 valence electrons. The van der Waals surface area contributed by atoms with Crippen molar-refractivity contribution in [2.24, 2.45) is 0 Å². The maximum atomic E-state index is 12.8. The molecule has 0 bridgehead atoms. The van der Waals surface area contributed by atoms with Gasteiger partial charge in [-0.3, -0.25) is 9.59 Å². The van der Waals surface area contributed by atoms with Crippen molar-refractivity contribution in [2.45, 2.75) is 19.4 Å². The summed E-state index contributed by atoms with van der Waals surface area (Å²) >= 11 is 0. The van der Waals surface area contributed by atoms with E-state index in [4.69, 9.17) is 9.47 Å². The number of aromatic nitrogens is 1. The van der Waals surface area contributed by atoms with Crippen molar-refractivity contribution in [3.63, 3.8) is 0 Å². The average Bonchev–Trinajstić information content (AvgIpc) is 3.17. The van der Waals surface area contributed by atoms with Crippen molar-refractivity contribution in [3.05, 3.63) is 71.4 Å². The summed E-state index contributed by atoms with van der Waals surface area (Å²) in [5, 5.41) is 3.60. The molecule has 0 aliphatic heterocycles. The summed E-state index contributed by atoms with van der Waals surface area (Å²) < 4.78 is 9.75. The molecule has 0 fully saturated rings. The molecule has 1 aromatic heterocycles. The number of ether oxygens (including phenoxy) is 2. The lowest BCUT2D eigenvalue weighted by molar-refractivity contribution is -0.141. The van der Waals surface area contributed by atoms with Crippen molar-refractivity contribution in [2.75, 3.05) is 13.7 Å². The predicted molar refractivity (Wildman–Crippen MR) is 108 cm³/mol. The van der Waals surface area contributed by atoms with Crippen LogP contribution in [-0.4, -0.2) is 36.5 Å². The topological polar surface area (TPSA) is 97.5 Å². The van der Waals surface area contributed by atoms with Crippen molar-refractivity contribution in [3.8, 4) is 0 Å². The SMILES string of the molecule is CCOC(=O)c1cc2cc(C(=O)N[C@H](CC(=O)OC)c3ccccc3)ccc2[nH]1. The number of nitrogens with one attached hydrogen (secondary N) is 2. The first-order chi connectivity index (χ1) is 14.0. The van der Waals surface area contributed by atoms with Gasteiger partial charge in [0.1, 0.15) is 5.69 Å². The molecule has 0 saturated carbocycles. The second-order valence-corrected chi connectivity index (χ2v) is 6.42. The fourth-order valence-corrected chi connectivity index (χ4v) is 3.02. The van der Waals surface area contributed by atoms with E-state index in [0.717, 1.165) is 11.1 Å². The summed E-state index contributed by atoms with van der Waals surface area (Å²) in [4.78, 5) is 39.5. The van der Waals surface area contributed by atoms with Gasteiger partial charge >= 0.3 is 11.9 Å². The molecule has 7 nitrogen and oxygen atoms in total. The number of fused-ring (bicyclic) bond motifs is 1. The Labute approximate surface area is 168 Å². The molecule has 0 unspecified atom stereocenters. The molecule has 0 aliphatic rings. The maximum Gasteiger partial charge on any atom is 0.354 e.